The summed E-state index contributed by atoms with van der Waals surface area (Å²) in [7, 11) is 0. The van der Waals surface area contributed by atoms with E-state index in [1.165, 1.54) is 0 Å². The van der Waals surface area contributed by atoms with E-state index in [9.17, 15) is 15.2 Å². The quantitative estimate of drug-likeness (QED) is 0.335. The zero-order chi connectivity index (χ0) is 20.7. The number of rotatable bonds is 6. The average molecular weight is 375 g/mol. The Morgan fingerprint density at radius 2 is 1.89 bits per heavy atom. The molecule has 2 rings (SSSR count). The van der Waals surface area contributed by atoms with Gasteiger partial charge in [0.2, 0.25) is 0 Å². The zero-order valence-corrected chi connectivity index (χ0v) is 16.1. The summed E-state index contributed by atoms with van der Waals surface area (Å²) in [6.07, 6.45) is 6.86. The van der Waals surface area contributed by atoms with Gasteiger partial charge in [-0.2, -0.15) is 5.26 Å². The fraction of sp³-hybridized carbons (Fsp3) is 0.261. The largest absolute Gasteiger partial charge is 0.506 e. The number of carbonyl (C=O) groups excluding carboxylic acids is 1. The highest BCUT2D eigenvalue weighted by atomic mass is 16.3. The van der Waals surface area contributed by atoms with Gasteiger partial charge in [-0.3, -0.25) is 4.79 Å². The summed E-state index contributed by atoms with van der Waals surface area (Å²) in [5, 5.41) is 27.9. The van der Waals surface area contributed by atoms with E-state index in [2.05, 4.69) is 19.2 Å². The summed E-state index contributed by atoms with van der Waals surface area (Å²) in [6.45, 7) is 10.1. The molecule has 1 aromatic rings. The average Bonchev–Trinajstić information content (AvgIpc) is 2.73. The number of hydrogen-bond acceptors (Lipinski definition) is 4. The lowest BCUT2D eigenvalue weighted by Gasteiger charge is -2.38. The molecule has 1 amide bonds. The number of carbonyl (C=O) groups is 1. The molecule has 0 aliphatic carbocycles. The van der Waals surface area contributed by atoms with E-state index < -0.39 is 11.3 Å². The lowest BCUT2D eigenvalue weighted by molar-refractivity contribution is -0.128. The molecule has 1 saturated heterocycles. The fourth-order valence-corrected chi connectivity index (χ4v) is 3.38. The maximum atomic E-state index is 12.9. The minimum Gasteiger partial charge on any atom is -0.506 e. The third-order valence-corrected chi connectivity index (χ3v) is 5.14. The zero-order valence-electron chi connectivity index (χ0n) is 16.1. The van der Waals surface area contributed by atoms with Crippen LogP contribution in [0.25, 0.3) is 5.76 Å². The minimum absolute atomic E-state index is 0.0566. The van der Waals surface area contributed by atoms with Gasteiger partial charge in [0.1, 0.15) is 5.76 Å². The highest BCUT2D eigenvalue weighted by Crippen LogP contribution is 2.39. The predicted molar refractivity (Wildman–Crippen MR) is 112 cm³/mol. The smallest absolute Gasteiger partial charge is 0.259 e. The number of nitriles is 1. The van der Waals surface area contributed by atoms with Crippen LogP contribution in [0.4, 0.5) is 0 Å². The van der Waals surface area contributed by atoms with Crippen molar-refractivity contribution in [1.29, 1.82) is 10.7 Å². The summed E-state index contributed by atoms with van der Waals surface area (Å²) in [4.78, 5) is 14.5. The standard InChI is InChI=1S/C23H25N3O2/c1-4-6-19(5-2)23(16-25)11-13-26(14-12-23)22(28)20(15-24)21(27)18-9-7-17(3)8-10-18/h4-10,15,24,27H,1-2,11-14H2,3H3/b19-6+,21-20+,24-15?. The van der Waals surface area contributed by atoms with Gasteiger partial charge in [-0.15, -0.1) is 0 Å². The van der Waals surface area contributed by atoms with Crippen LogP contribution in [0, 0.1) is 29.1 Å². The highest BCUT2D eigenvalue weighted by Gasteiger charge is 2.38. The van der Waals surface area contributed by atoms with Gasteiger partial charge in [-0.05, 0) is 25.3 Å². The fourth-order valence-electron chi connectivity index (χ4n) is 3.38. The van der Waals surface area contributed by atoms with Crippen molar-refractivity contribution in [1.82, 2.24) is 4.90 Å². The van der Waals surface area contributed by atoms with Gasteiger partial charge in [0.15, 0.2) is 0 Å². The van der Waals surface area contributed by atoms with Gasteiger partial charge in [-0.1, -0.05) is 61.2 Å². The van der Waals surface area contributed by atoms with Crippen molar-refractivity contribution < 1.29 is 9.90 Å². The molecule has 1 fully saturated rings. The van der Waals surface area contributed by atoms with Gasteiger partial charge >= 0.3 is 0 Å². The molecule has 144 valence electrons. The highest BCUT2D eigenvalue weighted by molar-refractivity contribution is 6.16. The molecule has 0 radical (unpaired) electrons. The van der Waals surface area contributed by atoms with E-state index in [-0.39, 0.29) is 11.3 Å². The molecule has 5 heteroatoms. The molecule has 2 N–H and O–H groups in total. The molecule has 28 heavy (non-hydrogen) atoms. The Balaban J connectivity index is 2.25. The summed E-state index contributed by atoms with van der Waals surface area (Å²) in [6, 6.07) is 9.48. The number of amides is 1. The number of aliphatic hydroxyl groups excluding tert-OH is 1. The maximum Gasteiger partial charge on any atom is 0.259 e. The number of likely N-dealkylation sites (tertiary alicyclic amines) is 1. The van der Waals surface area contributed by atoms with E-state index >= 15 is 0 Å². The summed E-state index contributed by atoms with van der Waals surface area (Å²) >= 11 is 0. The van der Waals surface area contributed by atoms with Crippen LogP contribution in [-0.4, -0.2) is 35.2 Å². The Labute approximate surface area is 166 Å². The molecular weight excluding hydrogens is 350 g/mol. The van der Waals surface area contributed by atoms with Crippen LogP contribution in [0.15, 0.2) is 66.8 Å². The van der Waals surface area contributed by atoms with Crippen molar-refractivity contribution >= 4 is 17.9 Å². The first-order valence-electron chi connectivity index (χ1n) is 9.09. The first kappa shape index (κ1) is 20.9. The van der Waals surface area contributed by atoms with Crippen molar-refractivity contribution in [2.45, 2.75) is 19.8 Å². The lowest BCUT2D eigenvalue weighted by Crippen LogP contribution is -2.44. The van der Waals surface area contributed by atoms with Crippen LogP contribution in [0.5, 0.6) is 0 Å². The van der Waals surface area contributed by atoms with Crippen LogP contribution < -0.4 is 0 Å². The number of nitrogens with one attached hydrogen (secondary N) is 1. The number of allylic oxidation sites excluding steroid dienone is 4. The van der Waals surface area contributed by atoms with Gasteiger partial charge in [-0.25, -0.2) is 0 Å². The van der Waals surface area contributed by atoms with Crippen molar-refractivity contribution in [3.63, 3.8) is 0 Å². The van der Waals surface area contributed by atoms with Gasteiger partial charge in [0.25, 0.3) is 5.91 Å². The molecule has 1 aliphatic rings. The van der Waals surface area contributed by atoms with E-state index in [4.69, 9.17) is 5.41 Å². The summed E-state index contributed by atoms with van der Waals surface area (Å²) < 4.78 is 0. The molecule has 1 heterocycles. The molecule has 0 aromatic heterocycles. The Bertz CT molecular complexity index is 877. The summed E-state index contributed by atoms with van der Waals surface area (Å²) in [5.74, 6) is -0.622. The summed E-state index contributed by atoms with van der Waals surface area (Å²) in [5.41, 5.74) is 1.55. The van der Waals surface area contributed by atoms with Crippen LogP contribution in [0.2, 0.25) is 0 Å². The number of piperidine rings is 1. The topological polar surface area (TPSA) is 88.2 Å². The van der Waals surface area contributed by atoms with E-state index in [0.29, 0.717) is 31.5 Å². The molecule has 5 nitrogen and oxygen atoms in total. The van der Waals surface area contributed by atoms with Crippen molar-refractivity contribution in [3.05, 3.63) is 77.9 Å². The molecule has 0 spiro atoms. The molecular formula is C23H25N3O2. The van der Waals surface area contributed by atoms with E-state index in [0.717, 1.165) is 17.4 Å². The molecule has 1 aromatic carbocycles. The van der Waals surface area contributed by atoms with Crippen molar-refractivity contribution in [2.75, 3.05) is 13.1 Å². The van der Waals surface area contributed by atoms with Crippen molar-refractivity contribution in [3.8, 4) is 6.07 Å². The van der Waals surface area contributed by atoms with Gasteiger partial charge in [0, 0.05) is 24.9 Å². The normalized spacial score (nSPS) is 17.1. The van der Waals surface area contributed by atoms with Crippen molar-refractivity contribution in [2.24, 2.45) is 5.41 Å². The monoisotopic (exact) mass is 375 g/mol. The first-order valence-corrected chi connectivity index (χ1v) is 9.09. The Morgan fingerprint density at radius 1 is 1.29 bits per heavy atom. The second-order valence-corrected chi connectivity index (χ2v) is 6.82. The number of benzene rings is 1. The lowest BCUT2D eigenvalue weighted by atomic mass is 9.73. The molecule has 0 saturated carbocycles. The number of aliphatic hydroxyl groups is 1. The Kier molecular flexibility index (Phi) is 6.73. The number of aryl methyl sites for hydroxylation is 1. The van der Waals surface area contributed by atoms with Gasteiger partial charge in [0.05, 0.1) is 17.1 Å². The number of nitrogens with zero attached hydrogens (tertiary/aromatic N) is 2. The third kappa shape index (κ3) is 4.12. The molecule has 0 unspecified atom stereocenters. The predicted octanol–water partition coefficient (Wildman–Crippen LogP) is 4.34. The second kappa shape index (κ2) is 9.01. The Morgan fingerprint density at radius 3 is 2.36 bits per heavy atom. The van der Waals surface area contributed by atoms with Gasteiger partial charge < -0.3 is 15.4 Å². The third-order valence-electron chi connectivity index (χ3n) is 5.14. The van der Waals surface area contributed by atoms with E-state index in [1.54, 1.807) is 35.3 Å². The second-order valence-electron chi connectivity index (χ2n) is 6.82. The van der Waals surface area contributed by atoms with Crippen LogP contribution >= 0.6 is 0 Å². The van der Waals surface area contributed by atoms with E-state index in [1.807, 2.05) is 19.1 Å². The Hall–Kier alpha value is -3.39. The number of hydrogen-bond donors (Lipinski definition) is 2. The molecule has 1 aliphatic heterocycles. The SMILES string of the molecule is C=C/C=C(\C=C)C1(C#N)CCN(C(=O)/C(C=N)=C(/O)c2ccc(C)cc2)CC1. The van der Waals surface area contributed by atoms with Crippen LogP contribution in [0.3, 0.4) is 0 Å². The first-order chi connectivity index (χ1) is 13.4. The molecule has 0 bridgehead atoms. The van der Waals surface area contributed by atoms with Crippen LogP contribution in [0.1, 0.15) is 24.0 Å². The maximum absolute atomic E-state index is 12.9. The van der Waals surface area contributed by atoms with Crippen LogP contribution in [-0.2, 0) is 4.79 Å². The minimum atomic E-state index is -0.708. The molecule has 0 atom stereocenters.